The molecule has 1 aliphatic heterocycles. The third-order valence-electron chi connectivity index (χ3n) is 14.9. The van der Waals surface area contributed by atoms with E-state index >= 15 is 9.59 Å². The van der Waals surface area contributed by atoms with Crippen LogP contribution in [-0.4, -0.2) is 106 Å². The Bertz CT molecular complexity index is 2780. The van der Waals surface area contributed by atoms with E-state index in [1.165, 1.54) is 38.2 Å². The van der Waals surface area contributed by atoms with Gasteiger partial charge in [0, 0.05) is 43.7 Å². The van der Waals surface area contributed by atoms with Crippen molar-refractivity contribution in [3.8, 4) is 0 Å². The molecule has 3 N–H and O–H groups in total. The number of ketones is 1. The summed E-state index contributed by atoms with van der Waals surface area (Å²) in [5.74, 6) is -7.95. The number of hydrogen-bond donors (Lipinski definition) is 3. The van der Waals surface area contributed by atoms with Crippen molar-refractivity contribution in [3.05, 3.63) is 149 Å². The molecule has 3 fully saturated rings. The van der Waals surface area contributed by atoms with Crippen LogP contribution in [0.2, 0.25) is 0 Å². The van der Waals surface area contributed by atoms with E-state index in [-0.39, 0.29) is 40.9 Å². The maximum absolute atomic E-state index is 15.7. The fraction of sp³-hybridized carbons (Fsp3) is 0.407. The maximum atomic E-state index is 15.7. The Morgan fingerprint density at radius 2 is 1.39 bits per heavy atom. The molecule has 8 rings (SSSR count). The first kappa shape index (κ1) is 50.3. The minimum absolute atomic E-state index is 0.0345. The molecule has 3 aromatic carbocycles. The number of amides is 1. The van der Waals surface area contributed by atoms with E-state index in [9.17, 15) is 34.2 Å². The number of benzene rings is 3. The van der Waals surface area contributed by atoms with Gasteiger partial charge in [-0.2, -0.15) is 0 Å². The molecule has 2 saturated carbocycles. The number of aromatic nitrogens is 1. The number of pyridine rings is 1. The van der Waals surface area contributed by atoms with Crippen molar-refractivity contribution < 1.29 is 76.8 Å². The summed E-state index contributed by atoms with van der Waals surface area (Å²) in [5.41, 5.74) is -7.33. The quantitative estimate of drug-likeness (QED) is 0.0772. The number of esters is 5. The van der Waals surface area contributed by atoms with Crippen LogP contribution in [0.4, 0.5) is 0 Å². The topological polar surface area (TPSA) is 231 Å². The number of aryl methyl sites for hydroxylation is 1. The average Bonchev–Trinajstić information content (AvgIpc) is 3.33. The Balaban J connectivity index is 1.31. The number of nitrogens with one attached hydrogen (secondary N) is 1. The normalized spacial score (nSPS) is 29.2. The number of rotatable bonds is 12. The Kier molecular flexibility index (Phi) is 13.6. The minimum Gasteiger partial charge on any atom is -0.455 e. The highest BCUT2D eigenvalue weighted by Crippen LogP contribution is 2.64. The predicted octanol–water partition coefficient (Wildman–Crippen LogP) is 4.42. The molecule has 0 radical (unpaired) electrons. The number of aliphatic hydroxyl groups excluding tert-OH is 1. The van der Waals surface area contributed by atoms with Gasteiger partial charge in [-0.3, -0.25) is 19.2 Å². The van der Waals surface area contributed by atoms with Crippen molar-refractivity contribution in [2.24, 2.45) is 23.8 Å². The predicted molar refractivity (Wildman–Crippen MR) is 249 cm³/mol. The van der Waals surface area contributed by atoms with Crippen molar-refractivity contribution in [1.82, 2.24) is 5.32 Å². The van der Waals surface area contributed by atoms with Gasteiger partial charge in [-0.1, -0.05) is 80.6 Å². The van der Waals surface area contributed by atoms with Crippen LogP contribution in [0.15, 0.2) is 127 Å². The lowest BCUT2D eigenvalue weighted by atomic mass is 9.44. The summed E-state index contributed by atoms with van der Waals surface area (Å²) in [4.78, 5) is 100. The number of carbonyl (C=O) groups excluding carboxylic acids is 7. The van der Waals surface area contributed by atoms with E-state index in [1.807, 2.05) is 0 Å². The first-order valence-electron chi connectivity index (χ1n) is 23.3. The molecule has 2 bridgehead atoms. The fourth-order valence-corrected chi connectivity index (χ4v) is 11.2. The summed E-state index contributed by atoms with van der Waals surface area (Å²) >= 11 is 0. The zero-order chi connectivity index (χ0) is 51.2. The molecule has 0 spiro atoms. The molecule has 2 heterocycles. The molecule has 71 heavy (non-hydrogen) atoms. The second-order valence-corrected chi connectivity index (χ2v) is 19.5. The fourth-order valence-electron chi connectivity index (χ4n) is 11.2. The van der Waals surface area contributed by atoms with Gasteiger partial charge in [-0.15, -0.1) is 0 Å². The average molecular weight is 974 g/mol. The smallest absolute Gasteiger partial charge is 0.350 e. The SMILES string of the molecule is CC(=O)O[C@H]1C(=O)[C@@]2(C)[C@H]([C@H](OC(=O)c3ccccc3)[C@]3(O)C[C@H](OC(=O)[C@H](OC(=O)c4ccc[n+](C)c4)[C@@H](NC(=O)c4ccccc4)c4ccccc4)C(C)=C1C3(C)C)[C@]1(OC(C)=O)CO[C@@H]1C[C@@H]2O. The standard InChI is InChI=1S/C54H56N2O15/c1-30-37(68-50(64)43(69-49(63)36-24-17-25-56(7)28-36)41(33-18-11-8-12-19-33)55-47(61)34-20-13-9-14-21-34)27-54(65)46(70-48(62)35-22-15-10-16-23-35)44-52(6,38(59)26-39-53(44,29-66-39)71-32(3)58)45(60)42(67-31(2)57)40(30)51(54,4)5/h8-25,28,37-39,41-44,46,59,65H,26-27,29H2,1-7H3/p+1/t37-,38-,39+,41-,42+,43+,44-,46-,52+,53-,54+/m0/s1. The Labute approximate surface area is 410 Å². The van der Waals surface area contributed by atoms with E-state index < -0.39 is 119 Å². The van der Waals surface area contributed by atoms with Gasteiger partial charge in [0.1, 0.15) is 42.6 Å². The van der Waals surface area contributed by atoms with Gasteiger partial charge in [-0.05, 0) is 60.9 Å². The van der Waals surface area contributed by atoms with Crippen LogP contribution in [0.25, 0.3) is 0 Å². The van der Waals surface area contributed by atoms with Crippen molar-refractivity contribution >= 4 is 41.5 Å². The summed E-state index contributed by atoms with van der Waals surface area (Å²) < 4.78 is 38.6. The molecule has 17 heteroatoms. The monoisotopic (exact) mass is 973 g/mol. The van der Waals surface area contributed by atoms with Gasteiger partial charge in [0.25, 0.3) is 5.91 Å². The summed E-state index contributed by atoms with van der Waals surface area (Å²) in [5, 5.41) is 29.0. The lowest BCUT2D eigenvalue weighted by molar-refractivity contribution is -0.671. The minimum atomic E-state index is -2.46. The van der Waals surface area contributed by atoms with Gasteiger partial charge >= 0.3 is 29.8 Å². The van der Waals surface area contributed by atoms with Gasteiger partial charge in [-0.25, -0.2) is 19.0 Å². The third-order valence-corrected chi connectivity index (χ3v) is 14.9. The molecule has 17 nitrogen and oxygen atoms in total. The first-order chi connectivity index (χ1) is 33.6. The van der Waals surface area contributed by atoms with Gasteiger partial charge in [0.15, 0.2) is 29.9 Å². The number of hydrogen-bond acceptors (Lipinski definition) is 15. The van der Waals surface area contributed by atoms with Crippen LogP contribution in [-0.2, 0) is 54.6 Å². The second kappa shape index (κ2) is 19.3. The largest absolute Gasteiger partial charge is 0.455 e. The van der Waals surface area contributed by atoms with Crippen LogP contribution in [0, 0.1) is 16.7 Å². The summed E-state index contributed by atoms with van der Waals surface area (Å²) in [6.07, 6.45) is -7.59. The van der Waals surface area contributed by atoms with Crippen molar-refractivity contribution in [2.45, 2.75) is 108 Å². The van der Waals surface area contributed by atoms with Crippen LogP contribution in [0.5, 0.6) is 0 Å². The Morgan fingerprint density at radius 3 is 1.97 bits per heavy atom. The maximum Gasteiger partial charge on any atom is 0.350 e. The van der Waals surface area contributed by atoms with Crippen molar-refractivity contribution in [2.75, 3.05) is 6.61 Å². The lowest BCUT2D eigenvalue weighted by Crippen LogP contribution is -2.82. The van der Waals surface area contributed by atoms with Crippen molar-refractivity contribution in [3.63, 3.8) is 0 Å². The van der Waals surface area contributed by atoms with Crippen LogP contribution in [0.1, 0.15) is 97.1 Å². The van der Waals surface area contributed by atoms with Crippen molar-refractivity contribution in [1.29, 1.82) is 0 Å². The Hall–Kier alpha value is -7.08. The van der Waals surface area contributed by atoms with E-state index in [2.05, 4.69) is 5.32 Å². The Morgan fingerprint density at radius 1 is 0.789 bits per heavy atom. The number of carbonyl (C=O) groups is 7. The molecule has 4 aliphatic rings. The van der Waals surface area contributed by atoms with Crippen LogP contribution < -0.4 is 9.88 Å². The molecule has 11 atom stereocenters. The number of nitrogens with zero attached hydrogens (tertiary/aromatic N) is 1. The zero-order valence-corrected chi connectivity index (χ0v) is 40.4. The molecule has 1 aromatic heterocycles. The molecule has 3 aliphatic carbocycles. The van der Waals surface area contributed by atoms with Crippen LogP contribution in [0.3, 0.4) is 0 Å². The summed E-state index contributed by atoms with van der Waals surface area (Å²) in [6, 6.07) is 25.9. The van der Waals surface area contributed by atoms with E-state index in [4.69, 9.17) is 28.4 Å². The molecule has 372 valence electrons. The van der Waals surface area contributed by atoms with Gasteiger partial charge in [0.2, 0.25) is 6.10 Å². The lowest BCUT2D eigenvalue weighted by Gasteiger charge is -2.67. The number of Topliss-reactive ketones (excluding diaryl/α,β-unsaturated/α-hetero) is 1. The number of ether oxygens (including phenoxy) is 6. The highest BCUT2D eigenvalue weighted by atomic mass is 16.6. The number of fused-ring (bicyclic) bond motifs is 5. The van der Waals surface area contributed by atoms with Gasteiger partial charge < -0.3 is 44.0 Å². The zero-order valence-electron chi connectivity index (χ0n) is 40.4. The van der Waals surface area contributed by atoms with E-state index in [0.717, 1.165) is 13.8 Å². The highest BCUT2D eigenvalue weighted by molar-refractivity contribution is 5.97. The molecule has 0 unspecified atom stereocenters. The molecular formula is C54H57N2O15+. The molecular weight excluding hydrogens is 917 g/mol. The summed E-state index contributed by atoms with van der Waals surface area (Å²) in [6.45, 7) is 7.92. The van der Waals surface area contributed by atoms with Crippen LogP contribution >= 0.6 is 0 Å². The second-order valence-electron chi connectivity index (χ2n) is 19.5. The molecule has 4 aromatic rings. The summed E-state index contributed by atoms with van der Waals surface area (Å²) in [7, 11) is 1.68. The van der Waals surface area contributed by atoms with E-state index in [1.54, 1.807) is 117 Å². The van der Waals surface area contributed by atoms with Gasteiger partial charge in [0.05, 0.1) is 29.6 Å². The first-order valence-corrected chi connectivity index (χ1v) is 23.3. The molecule has 1 amide bonds. The number of aliphatic hydroxyl groups is 2. The third kappa shape index (κ3) is 8.91. The molecule has 1 saturated heterocycles. The highest BCUT2D eigenvalue weighted by Gasteiger charge is 2.78. The van der Waals surface area contributed by atoms with E-state index in [0.29, 0.717) is 5.56 Å².